The Balaban J connectivity index is 1.58. The topological polar surface area (TPSA) is 67.7 Å². The zero-order valence-corrected chi connectivity index (χ0v) is 18.4. The van der Waals surface area contributed by atoms with Crippen LogP contribution in [-0.4, -0.2) is 28.1 Å². The number of allylic oxidation sites excluding steroid dienone is 2. The molecule has 152 valence electrons. The lowest BCUT2D eigenvalue weighted by Crippen LogP contribution is -2.45. The Labute approximate surface area is 186 Å². The summed E-state index contributed by atoms with van der Waals surface area (Å²) in [4.78, 5) is 18.8. The number of nitrogens with zero attached hydrogens (tertiary/aromatic N) is 4. The number of ether oxygens (including phenoxy) is 1. The molecule has 0 N–H and O–H groups in total. The summed E-state index contributed by atoms with van der Waals surface area (Å²) in [5.41, 5.74) is 1.72. The van der Waals surface area contributed by atoms with Crippen molar-refractivity contribution in [1.82, 2.24) is 9.36 Å². The smallest absolute Gasteiger partial charge is 0.253 e. The quantitative estimate of drug-likeness (QED) is 0.502. The fourth-order valence-electron chi connectivity index (χ4n) is 3.82. The summed E-state index contributed by atoms with van der Waals surface area (Å²) in [6, 6.07) is 9.53. The van der Waals surface area contributed by atoms with Gasteiger partial charge in [-0.2, -0.15) is 19.5 Å². The molecule has 2 atom stereocenters. The number of hydrogen-bond donors (Lipinski definition) is 0. The van der Waals surface area contributed by atoms with E-state index >= 15 is 0 Å². The van der Waals surface area contributed by atoms with Gasteiger partial charge in [-0.25, -0.2) is 0 Å². The zero-order chi connectivity index (χ0) is 20.7. The number of anilines is 1. The van der Waals surface area contributed by atoms with Crippen molar-refractivity contribution < 1.29 is 9.53 Å². The van der Waals surface area contributed by atoms with Crippen LogP contribution in [-0.2, 0) is 4.79 Å². The fourth-order valence-corrected chi connectivity index (χ4v) is 5.44. The number of halogens is 1. The predicted molar refractivity (Wildman–Crippen MR) is 121 cm³/mol. The molecule has 2 unspecified atom stereocenters. The first kappa shape index (κ1) is 19.4. The molecule has 3 aromatic rings. The first-order valence-electron chi connectivity index (χ1n) is 9.44. The SMILES string of the molecule is COc1ccc(C2=NN(c3nc(-c4cccs4)ns3)C(=O)C3CC=CCC23)cc1Cl. The Bertz CT molecular complexity index is 1160. The fraction of sp³-hybridized carbons (Fsp3) is 0.238. The van der Waals surface area contributed by atoms with Crippen molar-refractivity contribution in [3.8, 4) is 16.5 Å². The van der Waals surface area contributed by atoms with Crippen LogP contribution in [0.4, 0.5) is 5.13 Å². The van der Waals surface area contributed by atoms with Gasteiger partial charge < -0.3 is 4.74 Å². The van der Waals surface area contributed by atoms with E-state index in [4.69, 9.17) is 21.4 Å². The molecule has 1 amide bonds. The highest BCUT2D eigenvalue weighted by Crippen LogP contribution is 2.38. The van der Waals surface area contributed by atoms with Gasteiger partial charge in [-0.1, -0.05) is 29.8 Å². The van der Waals surface area contributed by atoms with E-state index in [9.17, 15) is 4.79 Å². The van der Waals surface area contributed by atoms with E-state index in [1.54, 1.807) is 18.4 Å². The first-order valence-corrected chi connectivity index (χ1v) is 11.5. The lowest BCUT2D eigenvalue weighted by atomic mass is 9.76. The molecule has 9 heteroatoms. The summed E-state index contributed by atoms with van der Waals surface area (Å²) in [5, 5.41) is 9.15. The van der Waals surface area contributed by atoms with Crippen LogP contribution in [0.25, 0.3) is 10.7 Å². The second-order valence-electron chi connectivity index (χ2n) is 7.02. The molecule has 2 aliphatic rings. The molecule has 0 saturated heterocycles. The third-order valence-corrected chi connectivity index (χ3v) is 7.16. The second kappa shape index (κ2) is 7.94. The first-order chi connectivity index (χ1) is 14.7. The van der Waals surface area contributed by atoms with Gasteiger partial charge in [0.2, 0.25) is 5.13 Å². The van der Waals surface area contributed by atoms with Crippen molar-refractivity contribution in [2.45, 2.75) is 12.8 Å². The second-order valence-corrected chi connectivity index (χ2v) is 9.10. The average molecular weight is 457 g/mol. The van der Waals surface area contributed by atoms with Crippen LogP contribution in [0.2, 0.25) is 5.02 Å². The molecule has 0 fully saturated rings. The van der Waals surface area contributed by atoms with Crippen LogP contribution in [0.15, 0.2) is 53.0 Å². The van der Waals surface area contributed by atoms with Crippen molar-refractivity contribution in [2.24, 2.45) is 16.9 Å². The van der Waals surface area contributed by atoms with Crippen molar-refractivity contribution in [3.63, 3.8) is 0 Å². The highest BCUT2D eigenvalue weighted by Gasteiger charge is 2.41. The number of fused-ring (bicyclic) bond motifs is 1. The molecule has 0 radical (unpaired) electrons. The maximum absolute atomic E-state index is 13.3. The summed E-state index contributed by atoms with van der Waals surface area (Å²) < 4.78 is 9.71. The molecule has 0 spiro atoms. The molecule has 1 aliphatic carbocycles. The van der Waals surface area contributed by atoms with E-state index in [0.717, 1.165) is 22.6 Å². The maximum Gasteiger partial charge on any atom is 0.253 e. The minimum absolute atomic E-state index is 0.00731. The van der Waals surface area contributed by atoms with Gasteiger partial charge in [0.25, 0.3) is 5.91 Å². The van der Waals surface area contributed by atoms with Gasteiger partial charge in [0.1, 0.15) is 5.75 Å². The minimum Gasteiger partial charge on any atom is -0.495 e. The summed E-state index contributed by atoms with van der Waals surface area (Å²) in [5.74, 6) is 1.01. The van der Waals surface area contributed by atoms with E-state index < -0.39 is 0 Å². The molecule has 3 heterocycles. The molecule has 1 aliphatic heterocycles. The Morgan fingerprint density at radius 2 is 2.03 bits per heavy atom. The van der Waals surface area contributed by atoms with E-state index in [1.165, 1.54) is 16.5 Å². The van der Waals surface area contributed by atoms with E-state index in [2.05, 4.69) is 21.5 Å². The summed E-state index contributed by atoms with van der Waals surface area (Å²) in [7, 11) is 1.59. The normalized spacial score (nSPS) is 20.8. The molecule has 1 aromatic carbocycles. The van der Waals surface area contributed by atoms with Gasteiger partial charge in [-0.3, -0.25) is 4.79 Å². The molecule has 30 heavy (non-hydrogen) atoms. The van der Waals surface area contributed by atoms with Gasteiger partial charge in [0, 0.05) is 17.5 Å². The number of methoxy groups -OCH3 is 1. The molecular formula is C21H17ClN4O2S2. The third kappa shape index (κ3) is 3.34. The van der Waals surface area contributed by atoms with Crippen LogP contribution in [0.1, 0.15) is 18.4 Å². The van der Waals surface area contributed by atoms with Crippen molar-refractivity contribution in [3.05, 3.63) is 58.5 Å². The molecule has 0 bridgehead atoms. The van der Waals surface area contributed by atoms with Crippen LogP contribution < -0.4 is 9.75 Å². The largest absolute Gasteiger partial charge is 0.495 e. The third-order valence-electron chi connectivity index (χ3n) is 5.30. The van der Waals surface area contributed by atoms with E-state index in [0.29, 0.717) is 28.1 Å². The standard InChI is InChI=1S/C21H17ClN4O2S2/c1-28-16-9-8-12(11-15(16)22)18-13-5-2-3-6-14(13)20(27)26(24-18)21-23-19(25-30-21)17-7-4-10-29-17/h2-4,7-11,13-14H,5-6H2,1H3. The van der Waals surface area contributed by atoms with Crippen molar-refractivity contribution in [1.29, 1.82) is 0 Å². The summed E-state index contributed by atoms with van der Waals surface area (Å²) >= 11 is 9.12. The Morgan fingerprint density at radius 3 is 2.77 bits per heavy atom. The number of hydrogen-bond acceptors (Lipinski definition) is 7. The van der Waals surface area contributed by atoms with Gasteiger partial charge in [-0.05, 0) is 48.1 Å². The lowest BCUT2D eigenvalue weighted by Gasteiger charge is -2.35. The van der Waals surface area contributed by atoms with E-state index in [1.807, 2.05) is 35.7 Å². The van der Waals surface area contributed by atoms with E-state index in [-0.39, 0.29) is 17.7 Å². The van der Waals surface area contributed by atoms with Crippen molar-refractivity contribution in [2.75, 3.05) is 12.1 Å². The van der Waals surface area contributed by atoms with Gasteiger partial charge >= 0.3 is 0 Å². The number of benzene rings is 1. The Hall–Kier alpha value is -2.55. The van der Waals surface area contributed by atoms with Crippen LogP contribution >= 0.6 is 34.5 Å². The summed E-state index contributed by atoms with van der Waals surface area (Å²) in [6.45, 7) is 0. The van der Waals surface area contributed by atoms with Gasteiger partial charge in [-0.15, -0.1) is 11.3 Å². The highest BCUT2D eigenvalue weighted by atomic mass is 35.5. The predicted octanol–water partition coefficient (Wildman–Crippen LogP) is 5.26. The number of amides is 1. The molecular weight excluding hydrogens is 440 g/mol. The van der Waals surface area contributed by atoms with Gasteiger partial charge in [0.15, 0.2) is 5.82 Å². The number of carbonyl (C=O) groups excluding carboxylic acids is 1. The molecule has 0 saturated carbocycles. The number of hydrazone groups is 1. The maximum atomic E-state index is 13.3. The van der Waals surface area contributed by atoms with Crippen LogP contribution in [0, 0.1) is 11.8 Å². The minimum atomic E-state index is -0.183. The number of thiophene rings is 1. The lowest BCUT2D eigenvalue weighted by molar-refractivity contribution is -0.123. The van der Waals surface area contributed by atoms with Crippen LogP contribution in [0.5, 0.6) is 5.75 Å². The summed E-state index contributed by atoms with van der Waals surface area (Å²) in [6.07, 6.45) is 5.63. The number of rotatable bonds is 4. The highest BCUT2D eigenvalue weighted by molar-refractivity contribution is 7.14. The molecule has 6 nitrogen and oxygen atoms in total. The average Bonchev–Trinajstić information content (AvgIpc) is 3.46. The molecule has 2 aromatic heterocycles. The van der Waals surface area contributed by atoms with Crippen LogP contribution in [0.3, 0.4) is 0 Å². The Kier molecular flexibility index (Phi) is 5.14. The number of aromatic nitrogens is 2. The Morgan fingerprint density at radius 1 is 1.20 bits per heavy atom. The van der Waals surface area contributed by atoms with Crippen molar-refractivity contribution >= 4 is 51.2 Å². The number of carbonyl (C=O) groups is 1. The van der Waals surface area contributed by atoms with Gasteiger partial charge in [0.05, 0.1) is 28.6 Å². The monoisotopic (exact) mass is 456 g/mol. The zero-order valence-electron chi connectivity index (χ0n) is 16.0. The molecule has 5 rings (SSSR count).